The molecule has 0 radical (unpaired) electrons. The van der Waals surface area contributed by atoms with E-state index in [4.69, 9.17) is 4.74 Å². The molecule has 0 aromatic carbocycles. The Kier molecular flexibility index (Phi) is 3.34. The van der Waals surface area contributed by atoms with Crippen LogP contribution in [0.5, 0.6) is 0 Å². The SMILES string of the molecule is CNc1cncc(NCC2CCCO2)n1. The van der Waals surface area contributed by atoms with E-state index in [1.54, 1.807) is 12.4 Å². The monoisotopic (exact) mass is 208 g/mol. The average Bonchev–Trinajstić information content (AvgIpc) is 2.79. The standard InChI is InChI=1S/C10H16N4O/c1-11-9-6-12-7-10(14-9)13-5-8-3-2-4-15-8/h6-8H,2-5H2,1H3,(H2,11,13,14). The first-order valence-corrected chi connectivity index (χ1v) is 5.24. The van der Waals surface area contributed by atoms with Gasteiger partial charge in [-0.1, -0.05) is 0 Å². The molecule has 15 heavy (non-hydrogen) atoms. The maximum Gasteiger partial charge on any atom is 0.147 e. The maximum atomic E-state index is 5.50. The van der Waals surface area contributed by atoms with E-state index in [-0.39, 0.29) is 0 Å². The molecule has 1 fully saturated rings. The third-order valence-corrected chi connectivity index (χ3v) is 2.43. The fourth-order valence-electron chi connectivity index (χ4n) is 1.60. The zero-order valence-corrected chi connectivity index (χ0v) is 8.86. The number of ether oxygens (including phenoxy) is 1. The summed E-state index contributed by atoms with van der Waals surface area (Å²) < 4.78 is 5.50. The summed E-state index contributed by atoms with van der Waals surface area (Å²) in [5.74, 6) is 1.56. The molecule has 0 aliphatic carbocycles. The van der Waals surface area contributed by atoms with Gasteiger partial charge >= 0.3 is 0 Å². The fourth-order valence-corrected chi connectivity index (χ4v) is 1.60. The molecule has 1 atom stereocenters. The summed E-state index contributed by atoms with van der Waals surface area (Å²) in [6, 6.07) is 0. The molecule has 1 aromatic heterocycles. The summed E-state index contributed by atoms with van der Waals surface area (Å²) in [5, 5.41) is 6.17. The normalized spacial score (nSPS) is 20.2. The van der Waals surface area contributed by atoms with Gasteiger partial charge in [-0.2, -0.15) is 0 Å². The number of aromatic nitrogens is 2. The summed E-state index contributed by atoms with van der Waals surface area (Å²) in [6.45, 7) is 1.69. The molecule has 1 aliphatic rings. The lowest BCUT2D eigenvalue weighted by atomic mass is 10.2. The van der Waals surface area contributed by atoms with E-state index >= 15 is 0 Å². The highest BCUT2D eigenvalue weighted by molar-refractivity contribution is 5.40. The van der Waals surface area contributed by atoms with Gasteiger partial charge in [-0.25, -0.2) is 4.98 Å². The largest absolute Gasteiger partial charge is 0.376 e. The van der Waals surface area contributed by atoms with Crippen LogP contribution in [0.1, 0.15) is 12.8 Å². The molecule has 5 nitrogen and oxygen atoms in total. The molecule has 0 amide bonds. The van der Waals surface area contributed by atoms with Crippen LogP contribution in [-0.2, 0) is 4.74 Å². The molecule has 1 saturated heterocycles. The fraction of sp³-hybridized carbons (Fsp3) is 0.600. The van der Waals surface area contributed by atoms with Gasteiger partial charge in [0.15, 0.2) is 0 Å². The molecule has 0 spiro atoms. The number of nitrogens with zero attached hydrogens (tertiary/aromatic N) is 2. The van der Waals surface area contributed by atoms with Gasteiger partial charge < -0.3 is 15.4 Å². The van der Waals surface area contributed by atoms with E-state index in [0.29, 0.717) is 6.10 Å². The molecule has 82 valence electrons. The molecular formula is C10H16N4O. The third kappa shape index (κ3) is 2.79. The summed E-state index contributed by atoms with van der Waals surface area (Å²) in [6.07, 6.45) is 6.03. The first kappa shape index (κ1) is 10.2. The van der Waals surface area contributed by atoms with Crippen molar-refractivity contribution in [1.29, 1.82) is 0 Å². The van der Waals surface area contributed by atoms with E-state index in [0.717, 1.165) is 37.6 Å². The topological polar surface area (TPSA) is 59.1 Å². The van der Waals surface area contributed by atoms with Gasteiger partial charge in [0.05, 0.1) is 18.5 Å². The van der Waals surface area contributed by atoms with Crippen LogP contribution in [0.15, 0.2) is 12.4 Å². The van der Waals surface area contributed by atoms with Crippen molar-refractivity contribution in [3.8, 4) is 0 Å². The molecule has 1 unspecified atom stereocenters. The van der Waals surface area contributed by atoms with Crippen molar-refractivity contribution in [1.82, 2.24) is 9.97 Å². The zero-order valence-electron chi connectivity index (χ0n) is 8.86. The van der Waals surface area contributed by atoms with Gasteiger partial charge in [0.25, 0.3) is 0 Å². The Hall–Kier alpha value is -1.36. The molecular weight excluding hydrogens is 192 g/mol. The van der Waals surface area contributed by atoms with Crippen LogP contribution in [-0.4, -0.2) is 36.3 Å². The Labute approximate surface area is 89.3 Å². The van der Waals surface area contributed by atoms with Crippen LogP contribution >= 0.6 is 0 Å². The van der Waals surface area contributed by atoms with Gasteiger partial charge in [-0.15, -0.1) is 0 Å². The first-order valence-electron chi connectivity index (χ1n) is 5.24. The van der Waals surface area contributed by atoms with Crippen LogP contribution in [0.4, 0.5) is 11.6 Å². The number of hydrogen-bond donors (Lipinski definition) is 2. The van der Waals surface area contributed by atoms with E-state index in [1.165, 1.54) is 0 Å². The van der Waals surface area contributed by atoms with Gasteiger partial charge in [-0.3, -0.25) is 4.98 Å². The Morgan fingerprint density at radius 3 is 3.07 bits per heavy atom. The van der Waals surface area contributed by atoms with Crippen molar-refractivity contribution < 1.29 is 4.74 Å². The van der Waals surface area contributed by atoms with Crippen LogP contribution < -0.4 is 10.6 Å². The molecule has 1 aromatic rings. The molecule has 2 heterocycles. The lowest BCUT2D eigenvalue weighted by molar-refractivity contribution is 0.120. The lowest BCUT2D eigenvalue weighted by Gasteiger charge is -2.11. The van der Waals surface area contributed by atoms with Crippen molar-refractivity contribution in [3.05, 3.63) is 12.4 Å². The van der Waals surface area contributed by atoms with Crippen molar-refractivity contribution in [2.75, 3.05) is 30.8 Å². The average molecular weight is 208 g/mol. The second kappa shape index (κ2) is 4.93. The predicted molar refractivity (Wildman–Crippen MR) is 59.0 cm³/mol. The summed E-state index contributed by atoms with van der Waals surface area (Å²) in [7, 11) is 1.83. The van der Waals surface area contributed by atoms with Crippen molar-refractivity contribution in [2.45, 2.75) is 18.9 Å². The van der Waals surface area contributed by atoms with E-state index < -0.39 is 0 Å². The number of nitrogens with one attached hydrogen (secondary N) is 2. The Balaban J connectivity index is 1.86. The highest BCUT2D eigenvalue weighted by Gasteiger charge is 2.14. The van der Waals surface area contributed by atoms with Crippen LogP contribution in [0.25, 0.3) is 0 Å². The summed E-state index contributed by atoms with van der Waals surface area (Å²) >= 11 is 0. The van der Waals surface area contributed by atoms with Gasteiger partial charge in [0.1, 0.15) is 11.6 Å². The van der Waals surface area contributed by atoms with Crippen molar-refractivity contribution in [2.24, 2.45) is 0 Å². The Morgan fingerprint density at radius 1 is 1.47 bits per heavy atom. The molecule has 0 saturated carbocycles. The molecule has 2 rings (SSSR count). The number of rotatable bonds is 4. The Morgan fingerprint density at radius 2 is 2.33 bits per heavy atom. The Bertz CT molecular complexity index is 312. The second-order valence-corrected chi connectivity index (χ2v) is 3.56. The zero-order chi connectivity index (χ0) is 10.5. The smallest absolute Gasteiger partial charge is 0.147 e. The molecule has 0 bridgehead atoms. The van der Waals surface area contributed by atoms with Gasteiger partial charge in [0.2, 0.25) is 0 Å². The van der Waals surface area contributed by atoms with Crippen molar-refractivity contribution >= 4 is 11.6 Å². The maximum absolute atomic E-state index is 5.50. The van der Waals surface area contributed by atoms with Gasteiger partial charge in [-0.05, 0) is 12.8 Å². The highest BCUT2D eigenvalue weighted by atomic mass is 16.5. The minimum Gasteiger partial charge on any atom is -0.376 e. The van der Waals surface area contributed by atoms with E-state index in [9.17, 15) is 0 Å². The van der Waals surface area contributed by atoms with E-state index in [2.05, 4.69) is 20.6 Å². The highest BCUT2D eigenvalue weighted by Crippen LogP contribution is 2.13. The van der Waals surface area contributed by atoms with E-state index in [1.807, 2.05) is 7.05 Å². The third-order valence-electron chi connectivity index (χ3n) is 2.43. The van der Waals surface area contributed by atoms with Crippen LogP contribution in [0, 0.1) is 0 Å². The van der Waals surface area contributed by atoms with Gasteiger partial charge in [0, 0.05) is 20.2 Å². The molecule has 1 aliphatic heterocycles. The second-order valence-electron chi connectivity index (χ2n) is 3.56. The predicted octanol–water partition coefficient (Wildman–Crippen LogP) is 1.11. The minimum absolute atomic E-state index is 0.324. The van der Waals surface area contributed by atoms with Crippen LogP contribution in [0.2, 0.25) is 0 Å². The van der Waals surface area contributed by atoms with Crippen molar-refractivity contribution in [3.63, 3.8) is 0 Å². The number of hydrogen-bond acceptors (Lipinski definition) is 5. The quantitative estimate of drug-likeness (QED) is 0.776. The summed E-state index contributed by atoms with van der Waals surface area (Å²) in [4.78, 5) is 8.38. The summed E-state index contributed by atoms with van der Waals surface area (Å²) in [5.41, 5.74) is 0. The number of anilines is 2. The first-order chi connectivity index (χ1) is 7.38. The minimum atomic E-state index is 0.324. The van der Waals surface area contributed by atoms with Crippen LogP contribution in [0.3, 0.4) is 0 Å². The molecule has 5 heteroatoms. The molecule has 2 N–H and O–H groups in total. The lowest BCUT2D eigenvalue weighted by Crippen LogP contribution is -2.19.